The zero-order valence-electron chi connectivity index (χ0n) is 17.0. The van der Waals surface area contributed by atoms with Crippen molar-refractivity contribution < 1.29 is 27.8 Å². The van der Waals surface area contributed by atoms with Crippen LogP contribution in [0.2, 0.25) is 0 Å². The zero-order valence-corrected chi connectivity index (χ0v) is 17.8. The number of carbonyl (C=O) groups excluding carboxylic acids is 1. The molecule has 3 N–H and O–H groups in total. The third-order valence-corrected chi connectivity index (χ3v) is 7.20. The molecule has 0 radical (unpaired) electrons. The Kier molecular flexibility index (Phi) is 6.59. The Morgan fingerprint density at radius 3 is 2.33 bits per heavy atom. The smallest absolute Gasteiger partial charge is 0.325 e. The summed E-state index contributed by atoms with van der Waals surface area (Å²) in [5, 5.41) is 10.8. The molecule has 9 heteroatoms. The van der Waals surface area contributed by atoms with Crippen molar-refractivity contribution in [2.24, 2.45) is 5.73 Å². The Morgan fingerprint density at radius 2 is 1.77 bits per heavy atom. The molecule has 0 amide bonds. The van der Waals surface area contributed by atoms with Crippen molar-refractivity contribution in [1.29, 1.82) is 0 Å². The fourth-order valence-electron chi connectivity index (χ4n) is 3.56. The molecule has 1 heterocycles. The van der Waals surface area contributed by atoms with E-state index in [1.807, 2.05) is 37.3 Å². The highest BCUT2D eigenvalue weighted by Gasteiger charge is 2.52. The highest BCUT2D eigenvalue weighted by molar-refractivity contribution is 7.89. The van der Waals surface area contributed by atoms with E-state index in [1.54, 1.807) is 19.1 Å². The minimum atomic E-state index is -4.07. The summed E-state index contributed by atoms with van der Waals surface area (Å²) in [7, 11) is -2.93. The van der Waals surface area contributed by atoms with Crippen LogP contribution in [0.15, 0.2) is 59.5 Å². The predicted octanol–water partition coefficient (Wildman–Crippen LogP) is 1.33. The zero-order chi connectivity index (χ0) is 22.1. The van der Waals surface area contributed by atoms with Crippen LogP contribution in [0, 0.1) is 6.92 Å². The van der Waals surface area contributed by atoms with Gasteiger partial charge in [0.1, 0.15) is 18.2 Å². The number of nitrogens with zero attached hydrogens (tertiary/aromatic N) is 1. The topological polar surface area (TPSA) is 119 Å². The number of rotatable bonds is 6. The standard InChI is InChI=1S/C21H26N2O6S/c1-13-9-11-16(12-10-13)30(26,27)23-14(2)19(15-7-5-4-6-8-15)29-20(23)18(24)17(22)21(25)28-3/h4-12,14,17-20,24H,22H2,1-3H3/t14-,17+,18-,19-,20-/m0/s1. The van der Waals surface area contributed by atoms with E-state index in [0.717, 1.165) is 22.5 Å². The van der Waals surface area contributed by atoms with Gasteiger partial charge in [0.25, 0.3) is 0 Å². The lowest BCUT2D eigenvalue weighted by molar-refractivity contribution is -0.150. The van der Waals surface area contributed by atoms with Crippen LogP contribution >= 0.6 is 0 Å². The molecule has 2 aromatic rings. The van der Waals surface area contributed by atoms with Crippen LogP contribution in [0.5, 0.6) is 0 Å². The third-order valence-electron chi connectivity index (χ3n) is 5.23. The number of carbonyl (C=O) groups is 1. The van der Waals surface area contributed by atoms with E-state index in [0.29, 0.717) is 0 Å². The fraction of sp³-hybridized carbons (Fsp3) is 0.381. The summed E-state index contributed by atoms with van der Waals surface area (Å²) in [5.41, 5.74) is 7.47. The van der Waals surface area contributed by atoms with Crippen molar-refractivity contribution in [2.75, 3.05) is 7.11 Å². The third kappa shape index (κ3) is 4.12. The van der Waals surface area contributed by atoms with E-state index in [1.165, 1.54) is 12.1 Å². The van der Waals surface area contributed by atoms with Crippen LogP contribution in [0.4, 0.5) is 0 Å². The molecule has 1 saturated heterocycles. The first kappa shape index (κ1) is 22.4. The lowest BCUT2D eigenvalue weighted by Gasteiger charge is -2.30. The van der Waals surface area contributed by atoms with Gasteiger partial charge in [-0.2, -0.15) is 4.31 Å². The molecule has 1 fully saturated rings. The van der Waals surface area contributed by atoms with Crippen LogP contribution < -0.4 is 5.73 Å². The molecule has 0 spiro atoms. The average Bonchev–Trinajstić information content (AvgIpc) is 3.10. The van der Waals surface area contributed by atoms with Gasteiger partial charge in [-0.1, -0.05) is 48.0 Å². The molecule has 30 heavy (non-hydrogen) atoms. The Hall–Kier alpha value is -2.30. The normalized spacial score (nSPS) is 24.4. The van der Waals surface area contributed by atoms with Gasteiger partial charge in [-0.05, 0) is 31.5 Å². The molecule has 5 atom stereocenters. The molecule has 0 saturated carbocycles. The van der Waals surface area contributed by atoms with Crippen LogP contribution in [0.1, 0.15) is 24.2 Å². The second-order valence-electron chi connectivity index (χ2n) is 7.29. The summed E-state index contributed by atoms with van der Waals surface area (Å²) >= 11 is 0. The summed E-state index contributed by atoms with van der Waals surface area (Å²) in [4.78, 5) is 11.9. The van der Waals surface area contributed by atoms with E-state index >= 15 is 0 Å². The minimum Gasteiger partial charge on any atom is -0.468 e. The van der Waals surface area contributed by atoms with Crippen LogP contribution in [0.3, 0.4) is 0 Å². The van der Waals surface area contributed by atoms with E-state index in [-0.39, 0.29) is 4.90 Å². The Labute approximate surface area is 176 Å². The maximum atomic E-state index is 13.5. The van der Waals surface area contributed by atoms with Crippen molar-refractivity contribution in [2.45, 2.75) is 49.3 Å². The maximum Gasteiger partial charge on any atom is 0.325 e. The quantitative estimate of drug-likeness (QED) is 0.658. The Morgan fingerprint density at radius 1 is 1.17 bits per heavy atom. The van der Waals surface area contributed by atoms with Gasteiger partial charge in [0.2, 0.25) is 10.0 Å². The van der Waals surface area contributed by atoms with Gasteiger partial charge in [0, 0.05) is 0 Å². The summed E-state index contributed by atoms with van der Waals surface area (Å²) < 4.78 is 38.7. The van der Waals surface area contributed by atoms with Gasteiger partial charge < -0.3 is 20.3 Å². The van der Waals surface area contributed by atoms with Crippen molar-refractivity contribution >= 4 is 16.0 Å². The molecule has 8 nitrogen and oxygen atoms in total. The van der Waals surface area contributed by atoms with Gasteiger partial charge >= 0.3 is 5.97 Å². The van der Waals surface area contributed by atoms with Crippen molar-refractivity contribution in [3.8, 4) is 0 Å². The first-order chi connectivity index (χ1) is 14.2. The van der Waals surface area contributed by atoms with Gasteiger partial charge in [-0.15, -0.1) is 0 Å². The van der Waals surface area contributed by atoms with Crippen LogP contribution in [-0.4, -0.2) is 55.3 Å². The van der Waals surface area contributed by atoms with E-state index in [9.17, 15) is 18.3 Å². The molecule has 0 bridgehead atoms. The molecular formula is C21H26N2O6S. The van der Waals surface area contributed by atoms with E-state index < -0.39 is 46.5 Å². The summed E-state index contributed by atoms with van der Waals surface area (Å²) in [6.45, 7) is 3.55. The molecule has 1 aliphatic heterocycles. The van der Waals surface area contributed by atoms with Crippen molar-refractivity contribution in [3.05, 3.63) is 65.7 Å². The molecule has 0 unspecified atom stereocenters. The number of aryl methyl sites for hydroxylation is 1. The van der Waals surface area contributed by atoms with E-state index in [2.05, 4.69) is 4.74 Å². The number of aliphatic hydroxyl groups excluding tert-OH is 1. The SMILES string of the molecule is COC(=O)[C@H](N)[C@H](O)[C@@H]1O[C@H](c2ccccc2)[C@H](C)N1S(=O)(=O)c1ccc(C)cc1. The van der Waals surface area contributed by atoms with Gasteiger partial charge in [-0.25, -0.2) is 8.42 Å². The molecule has 2 aromatic carbocycles. The predicted molar refractivity (Wildman–Crippen MR) is 110 cm³/mol. The number of hydrogen-bond acceptors (Lipinski definition) is 7. The van der Waals surface area contributed by atoms with Crippen LogP contribution in [-0.2, 0) is 24.3 Å². The summed E-state index contributed by atoms with van der Waals surface area (Å²) in [6.07, 6.45) is -3.66. The molecule has 0 aliphatic carbocycles. The monoisotopic (exact) mass is 434 g/mol. The average molecular weight is 435 g/mol. The first-order valence-corrected chi connectivity index (χ1v) is 10.9. The van der Waals surface area contributed by atoms with E-state index in [4.69, 9.17) is 10.5 Å². The highest BCUT2D eigenvalue weighted by Crippen LogP contribution is 2.40. The van der Waals surface area contributed by atoms with Gasteiger partial charge in [0.05, 0.1) is 18.0 Å². The largest absolute Gasteiger partial charge is 0.468 e. The minimum absolute atomic E-state index is 0.0566. The van der Waals surface area contributed by atoms with Crippen molar-refractivity contribution in [1.82, 2.24) is 4.31 Å². The molecular weight excluding hydrogens is 408 g/mol. The maximum absolute atomic E-state index is 13.5. The second-order valence-corrected chi connectivity index (χ2v) is 9.13. The second kappa shape index (κ2) is 8.83. The first-order valence-electron chi connectivity index (χ1n) is 9.50. The summed E-state index contributed by atoms with van der Waals surface area (Å²) in [5.74, 6) is -0.866. The lowest BCUT2D eigenvalue weighted by atomic mass is 10.0. The Balaban J connectivity index is 2.05. The molecule has 0 aromatic heterocycles. The number of aliphatic hydroxyl groups is 1. The lowest BCUT2D eigenvalue weighted by Crippen LogP contribution is -2.55. The van der Waals surface area contributed by atoms with Gasteiger partial charge in [-0.3, -0.25) is 4.79 Å². The molecule has 162 valence electrons. The number of ether oxygens (including phenoxy) is 2. The number of methoxy groups -OCH3 is 1. The highest BCUT2D eigenvalue weighted by atomic mass is 32.2. The number of benzene rings is 2. The Bertz CT molecular complexity index is 980. The molecule has 1 aliphatic rings. The van der Waals surface area contributed by atoms with Gasteiger partial charge in [0.15, 0.2) is 6.23 Å². The number of esters is 1. The number of sulfonamides is 1. The van der Waals surface area contributed by atoms with Crippen molar-refractivity contribution in [3.63, 3.8) is 0 Å². The number of nitrogens with two attached hydrogens (primary N) is 1. The number of hydrogen-bond donors (Lipinski definition) is 2. The fourth-order valence-corrected chi connectivity index (χ4v) is 5.28. The molecule has 3 rings (SSSR count). The van der Waals surface area contributed by atoms with Crippen LogP contribution in [0.25, 0.3) is 0 Å². The summed E-state index contributed by atoms with van der Waals surface area (Å²) in [6, 6.07) is 13.3.